The zero-order chi connectivity index (χ0) is 17.5. The van der Waals surface area contributed by atoms with Crippen LogP contribution in [0.25, 0.3) is 10.9 Å². The SMILES string of the molecule is CN=C(NCCNc1ccc2ccccc2n1)NCc1sccc1C.I. The molecule has 1 aromatic carbocycles. The summed E-state index contributed by atoms with van der Waals surface area (Å²) in [7, 11) is 1.79. The van der Waals surface area contributed by atoms with Gasteiger partial charge in [-0.1, -0.05) is 18.2 Å². The third kappa shape index (κ3) is 5.57. The fourth-order valence-corrected chi connectivity index (χ4v) is 3.35. The van der Waals surface area contributed by atoms with E-state index >= 15 is 0 Å². The lowest BCUT2D eigenvalue weighted by molar-refractivity contribution is 0.816. The Labute approximate surface area is 175 Å². The van der Waals surface area contributed by atoms with E-state index in [0.29, 0.717) is 0 Å². The lowest BCUT2D eigenvalue weighted by Gasteiger charge is -2.12. The van der Waals surface area contributed by atoms with Gasteiger partial charge in [-0.15, -0.1) is 35.3 Å². The van der Waals surface area contributed by atoms with Crippen LogP contribution in [-0.2, 0) is 6.54 Å². The van der Waals surface area contributed by atoms with E-state index in [4.69, 9.17) is 0 Å². The number of anilines is 1. The Balaban J connectivity index is 0.00000243. The number of aromatic nitrogens is 1. The number of nitrogens with one attached hydrogen (secondary N) is 3. The predicted molar refractivity (Wildman–Crippen MR) is 123 cm³/mol. The van der Waals surface area contributed by atoms with Gasteiger partial charge in [0.2, 0.25) is 0 Å². The van der Waals surface area contributed by atoms with Crippen molar-refractivity contribution in [2.75, 3.05) is 25.5 Å². The Morgan fingerprint density at radius 3 is 2.69 bits per heavy atom. The topological polar surface area (TPSA) is 61.3 Å². The second-order valence-electron chi connectivity index (χ2n) is 5.70. The van der Waals surface area contributed by atoms with Crippen LogP contribution in [0.2, 0.25) is 0 Å². The smallest absolute Gasteiger partial charge is 0.191 e. The molecule has 0 aliphatic rings. The average molecular weight is 481 g/mol. The van der Waals surface area contributed by atoms with E-state index in [1.165, 1.54) is 10.4 Å². The number of para-hydroxylation sites is 1. The Morgan fingerprint density at radius 2 is 1.92 bits per heavy atom. The molecule has 0 spiro atoms. The Kier molecular flexibility index (Phi) is 8.11. The fraction of sp³-hybridized carbons (Fsp3) is 0.263. The number of aliphatic imine (C=N–C) groups is 1. The molecule has 7 heteroatoms. The molecule has 3 rings (SSSR count). The molecule has 2 aromatic heterocycles. The summed E-state index contributed by atoms with van der Waals surface area (Å²) in [5, 5.41) is 13.3. The van der Waals surface area contributed by atoms with E-state index in [0.717, 1.165) is 42.3 Å². The van der Waals surface area contributed by atoms with E-state index in [1.54, 1.807) is 18.4 Å². The highest BCUT2D eigenvalue weighted by Gasteiger charge is 2.02. The maximum Gasteiger partial charge on any atom is 0.191 e. The van der Waals surface area contributed by atoms with Crippen LogP contribution in [0.1, 0.15) is 10.4 Å². The summed E-state index contributed by atoms with van der Waals surface area (Å²) in [5.41, 5.74) is 2.32. The van der Waals surface area contributed by atoms with Gasteiger partial charge in [-0.3, -0.25) is 4.99 Å². The minimum atomic E-state index is 0. The van der Waals surface area contributed by atoms with Crippen molar-refractivity contribution in [1.29, 1.82) is 0 Å². The van der Waals surface area contributed by atoms with E-state index in [-0.39, 0.29) is 24.0 Å². The summed E-state index contributed by atoms with van der Waals surface area (Å²) < 4.78 is 0. The molecular formula is C19H24IN5S. The zero-order valence-electron chi connectivity index (χ0n) is 15.0. The number of halogens is 1. The molecule has 26 heavy (non-hydrogen) atoms. The predicted octanol–water partition coefficient (Wildman–Crippen LogP) is 4.00. The van der Waals surface area contributed by atoms with Gasteiger partial charge in [-0.25, -0.2) is 4.98 Å². The van der Waals surface area contributed by atoms with Crippen LogP contribution in [0.5, 0.6) is 0 Å². The lowest BCUT2D eigenvalue weighted by Crippen LogP contribution is -2.39. The molecule has 0 amide bonds. The number of pyridine rings is 1. The van der Waals surface area contributed by atoms with Crippen molar-refractivity contribution < 1.29 is 0 Å². The third-order valence-corrected chi connectivity index (χ3v) is 4.95. The number of thiophene rings is 1. The van der Waals surface area contributed by atoms with Gasteiger partial charge >= 0.3 is 0 Å². The minimum absolute atomic E-state index is 0. The number of rotatable bonds is 6. The molecule has 0 saturated heterocycles. The van der Waals surface area contributed by atoms with Crippen molar-refractivity contribution in [1.82, 2.24) is 15.6 Å². The van der Waals surface area contributed by atoms with Gasteiger partial charge in [0.05, 0.1) is 12.1 Å². The molecule has 138 valence electrons. The third-order valence-electron chi connectivity index (χ3n) is 3.93. The standard InChI is InChI=1S/C19H23N5S.HI/c1-14-9-12-25-17(14)13-23-19(20-2)22-11-10-21-18-8-7-15-5-3-4-6-16(15)24-18;/h3-9,12H,10-11,13H2,1-2H3,(H,21,24)(H2,20,22,23);1H. The minimum Gasteiger partial charge on any atom is -0.368 e. The largest absolute Gasteiger partial charge is 0.368 e. The summed E-state index contributed by atoms with van der Waals surface area (Å²) >= 11 is 1.76. The molecule has 0 aliphatic heterocycles. The first-order valence-corrected chi connectivity index (χ1v) is 9.21. The quantitative estimate of drug-likeness (QED) is 0.216. The molecule has 3 aromatic rings. The van der Waals surface area contributed by atoms with E-state index in [9.17, 15) is 0 Å². The van der Waals surface area contributed by atoms with Gasteiger partial charge in [0.15, 0.2) is 5.96 Å². The molecule has 2 heterocycles. The number of benzene rings is 1. The Bertz CT molecular complexity index is 862. The number of guanidine groups is 1. The molecule has 0 saturated carbocycles. The van der Waals surface area contributed by atoms with E-state index in [2.05, 4.69) is 56.4 Å². The van der Waals surface area contributed by atoms with Crippen LogP contribution >= 0.6 is 35.3 Å². The molecule has 0 radical (unpaired) electrons. The molecule has 0 atom stereocenters. The van der Waals surface area contributed by atoms with Crippen LogP contribution in [0, 0.1) is 6.92 Å². The fourth-order valence-electron chi connectivity index (χ4n) is 2.51. The monoisotopic (exact) mass is 481 g/mol. The molecule has 3 N–H and O–H groups in total. The van der Waals surface area contributed by atoms with E-state index < -0.39 is 0 Å². The highest BCUT2D eigenvalue weighted by molar-refractivity contribution is 14.0. The van der Waals surface area contributed by atoms with Gasteiger partial charge < -0.3 is 16.0 Å². The zero-order valence-corrected chi connectivity index (χ0v) is 18.1. The summed E-state index contributed by atoms with van der Waals surface area (Å²) in [6, 6.07) is 14.4. The summed E-state index contributed by atoms with van der Waals surface area (Å²) in [6.07, 6.45) is 0. The number of hydrogen-bond acceptors (Lipinski definition) is 4. The van der Waals surface area contributed by atoms with Crippen LogP contribution in [-0.4, -0.2) is 31.1 Å². The van der Waals surface area contributed by atoms with Crippen molar-refractivity contribution in [3.8, 4) is 0 Å². The maximum absolute atomic E-state index is 4.61. The first kappa shape index (κ1) is 20.4. The summed E-state index contributed by atoms with van der Waals surface area (Å²) in [5.74, 6) is 1.69. The Morgan fingerprint density at radius 1 is 1.08 bits per heavy atom. The van der Waals surface area contributed by atoms with Gasteiger partial charge in [-0.2, -0.15) is 0 Å². The number of aryl methyl sites for hydroxylation is 1. The second kappa shape index (κ2) is 10.3. The highest BCUT2D eigenvalue weighted by Crippen LogP contribution is 2.15. The lowest BCUT2D eigenvalue weighted by atomic mass is 10.2. The van der Waals surface area contributed by atoms with E-state index in [1.807, 2.05) is 24.3 Å². The maximum atomic E-state index is 4.61. The van der Waals surface area contributed by atoms with Gasteiger partial charge in [-0.05, 0) is 42.1 Å². The second-order valence-corrected chi connectivity index (χ2v) is 6.70. The van der Waals surface area contributed by atoms with Crippen LogP contribution < -0.4 is 16.0 Å². The molecule has 5 nitrogen and oxygen atoms in total. The van der Waals surface area contributed by atoms with Gasteiger partial charge in [0.1, 0.15) is 5.82 Å². The Hall–Kier alpha value is -1.87. The van der Waals surface area contributed by atoms with Crippen molar-refractivity contribution in [3.63, 3.8) is 0 Å². The van der Waals surface area contributed by atoms with Crippen molar-refractivity contribution in [2.45, 2.75) is 13.5 Å². The normalized spacial score (nSPS) is 11.1. The highest BCUT2D eigenvalue weighted by atomic mass is 127. The summed E-state index contributed by atoms with van der Waals surface area (Å²) in [4.78, 5) is 10.2. The number of fused-ring (bicyclic) bond motifs is 1. The average Bonchev–Trinajstić information content (AvgIpc) is 3.06. The molecular weight excluding hydrogens is 457 g/mol. The van der Waals surface area contributed by atoms with Gasteiger partial charge in [0, 0.05) is 30.4 Å². The molecule has 0 fully saturated rings. The summed E-state index contributed by atoms with van der Waals surface area (Å²) in [6.45, 7) is 4.45. The number of hydrogen-bond donors (Lipinski definition) is 3. The van der Waals surface area contributed by atoms with Crippen molar-refractivity contribution in [2.24, 2.45) is 4.99 Å². The van der Waals surface area contributed by atoms with Crippen LogP contribution in [0.3, 0.4) is 0 Å². The van der Waals surface area contributed by atoms with Gasteiger partial charge in [0.25, 0.3) is 0 Å². The van der Waals surface area contributed by atoms with Crippen LogP contribution in [0.4, 0.5) is 5.82 Å². The van der Waals surface area contributed by atoms with Crippen molar-refractivity contribution >= 4 is 58.0 Å². The first-order chi connectivity index (χ1) is 12.3. The van der Waals surface area contributed by atoms with Crippen LogP contribution in [0.15, 0.2) is 52.8 Å². The van der Waals surface area contributed by atoms with Crippen molar-refractivity contribution in [3.05, 3.63) is 58.3 Å². The molecule has 0 bridgehead atoms. The number of nitrogens with zero attached hydrogens (tertiary/aromatic N) is 2. The molecule has 0 aliphatic carbocycles. The first-order valence-electron chi connectivity index (χ1n) is 8.33. The molecule has 0 unspecified atom stereocenters.